The zero-order valence-corrected chi connectivity index (χ0v) is 21.0. The Labute approximate surface area is 202 Å². The van der Waals surface area contributed by atoms with E-state index in [-0.39, 0.29) is 0 Å². The molecule has 0 heterocycles. The number of hydrogen-bond acceptors (Lipinski definition) is 0. The molecular formula is C28H27Cl2NP+. The molecule has 4 aromatic rings. The molecule has 0 radical (unpaired) electrons. The first-order valence-corrected chi connectivity index (χ1v) is 12.7. The summed E-state index contributed by atoms with van der Waals surface area (Å²) < 4.78 is 0.863. The van der Waals surface area contributed by atoms with Crippen molar-refractivity contribution < 1.29 is 4.48 Å². The predicted molar refractivity (Wildman–Crippen MR) is 142 cm³/mol. The van der Waals surface area contributed by atoms with E-state index < -0.39 is 7.92 Å². The fraction of sp³-hybridized carbons (Fsp3) is 0.143. The average Bonchev–Trinajstić information content (AvgIpc) is 2.77. The molecule has 0 spiro atoms. The minimum atomic E-state index is -0.778. The van der Waals surface area contributed by atoms with E-state index in [1.54, 1.807) is 0 Å². The number of halogens is 2. The van der Waals surface area contributed by atoms with Crippen molar-refractivity contribution in [2.45, 2.75) is 6.54 Å². The molecule has 4 aromatic carbocycles. The summed E-state index contributed by atoms with van der Waals surface area (Å²) in [5, 5.41) is 5.44. The van der Waals surface area contributed by atoms with Crippen LogP contribution in [0.5, 0.6) is 0 Å². The van der Waals surface area contributed by atoms with Gasteiger partial charge in [-0.3, -0.25) is 0 Å². The highest BCUT2D eigenvalue weighted by molar-refractivity contribution is 7.79. The number of benzene rings is 4. The Bertz CT molecular complexity index is 1140. The van der Waals surface area contributed by atoms with Crippen molar-refractivity contribution in [3.05, 3.63) is 113 Å². The predicted octanol–water partition coefficient (Wildman–Crippen LogP) is 6.62. The third kappa shape index (κ3) is 5.61. The lowest BCUT2D eigenvalue weighted by atomic mass is 10.0. The van der Waals surface area contributed by atoms with Gasteiger partial charge in [0.2, 0.25) is 0 Å². The van der Waals surface area contributed by atoms with Gasteiger partial charge in [-0.05, 0) is 65.3 Å². The second-order valence-corrected chi connectivity index (χ2v) is 12.0. The summed E-state index contributed by atoms with van der Waals surface area (Å²) in [5.74, 6) is 0. The van der Waals surface area contributed by atoms with Crippen molar-refractivity contribution in [1.29, 1.82) is 0 Å². The van der Waals surface area contributed by atoms with E-state index in [0.29, 0.717) is 0 Å². The van der Waals surface area contributed by atoms with E-state index in [0.717, 1.165) is 21.1 Å². The maximum atomic E-state index is 6.24. The summed E-state index contributed by atoms with van der Waals surface area (Å²) in [5.41, 5.74) is 3.84. The van der Waals surface area contributed by atoms with Gasteiger partial charge in [0.1, 0.15) is 6.54 Å². The van der Waals surface area contributed by atoms with Gasteiger partial charge in [0.05, 0.1) is 21.1 Å². The lowest BCUT2D eigenvalue weighted by Gasteiger charge is -2.28. The van der Waals surface area contributed by atoms with Gasteiger partial charge < -0.3 is 4.48 Å². The topological polar surface area (TPSA) is 0 Å². The molecule has 0 amide bonds. The van der Waals surface area contributed by atoms with E-state index in [2.05, 4.69) is 93.9 Å². The van der Waals surface area contributed by atoms with Gasteiger partial charge in [-0.1, -0.05) is 89.9 Å². The number of quaternary nitrogens is 1. The zero-order chi connectivity index (χ0) is 22.7. The van der Waals surface area contributed by atoms with Gasteiger partial charge in [-0.2, -0.15) is 0 Å². The summed E-state index contributed by atoms with van der Waals surface area (Å²) in [4.78, 5) is 0. The summed E-state index contributed by atoms with van der Waals surface area (Å²) in [6, 6.07) is 34.1. The van der Waals surface area contributed by atoms with Crippen molar-refractivity contribution in [2.24, 2.45) is 0 Å². The number of hydrogen-bond donors (Lipinski definition) is 0. The molecule has 0 aliphatic heterocycles. The Hall–Kier alpha value is -2.15. The molecule has 0 aromatic heterocycles. The largest absolute Gasteiger partial charge is 0.327 e. The monoisotopic (exact) mass is 478 g/mol. The van der Waals surface area contributed by atoms with Crippen molar-refractivity contribution in [3.8, 4) is 11.1 Å². The van der Waals surface area contributed by atoms with E-state index >= 15 is 0 Å². The van der Waals surface area contributed by atoms with Gasteiger partial charge in [0.15, 0.2) is 0 Å². The Balaban J connectivity index is 1.94. The van der Waals surface area contributed by atoms with Crippen LogP contribution in [-0.4, -0.2) is 25.6 Å². The van der Waals surface area contributed by atoms with E-state index in [1.807, 2.05) is 24.3 Å². The van der Waals surface area contributed by atoms with Crippen LogP contribution in [0.25, 0.3) is 11.1 Å². The summed E-state index contributed by atoms with van der Waals surface area (Å²) >= 11 is 12.5. The lowest BCUT2D eigenvalue weighted by Crippen LogP contribution is -2.36. The van der Waals surface area contributed by atoms with Crippen molar-refractivity contribution in [3.63, 3.8) is 0 Å². The smallest absolute Gasteiger partial charge is 0.104 e. The summed E-state index contributed by atoms with van der Waals surface area (Å²) in [6.07, 6.45) is 0. The van der Waals surface area contributed by atoms with Gasteiger partial charge in [0.25, 0.3) is 0 Å². The molecule has 0 atom stereocenters. The quantitative estimate of drug-likeness (QED) is 0.215. The average molecular weight is 479 g/mol. The van der Waals surface area contributed by atoms with Gasteiger partial charge in [-0.15, -0.1) is 0 Å². The first-order valence-electron chi connectivity index (χ1n) is 10.6. The molecule has 4 rings (SSSR count). The van der Waals surface area contributed by atoms with Crippen molar-refractivity contribution in [1.82, 2.24) is 0 Å². The molecule has 0 saturated heterocycles. The van der Waals surface area contributed by atoms with Crippen LogP contribution in [0.2, 0.25) is 10.0 Å². The van der Waals surface area contributed by atoms with Crippen LogP contribution >= 0.6 is 31.1 Å². The second-order valence-electron chi connectivity index (χ2n) is 8.95. The van der Waals surface area contributed by atoms with Crippen LogP contribution < -0.4 is 15.9 Å². The molecule has 1 nitrogen and oxygen atoms in total. The molecule has 162 valence electrons. The Morgan fingerprint density at radius 1 is 0.625 bits per heavy atom. The fourth-order valence-corrected chi connectivity index (χ4v) is 6.54. The van der Waals surface area contributed by atoms with Gasteiger partial charge in [-0.25, -0.2) is 0 Å². The van der Waals surface area contributed by atoms with Crippen LogP contribution in [0.4, 0.5) is 0 Å². The van der Waals surface area contributed by atoms with E-state index in [1.165, 1.54) is 32.6 Å². The summed E-state index contributed by atoms with van der Waals surface area (Å²) in [6.45, 7) is 0.949. The molecule has 0 aliphatic carbocycles. The van der Waals surface area contributed by atoms with Crippen LogP contribution in [-0.2, 0) is 6.54 Å². The SMILES string of the molecule is C[N+](C)(C)Cc1ccc(-c2ccccc2)cc1P(c1ccc(Cl)cc1)c1ccc(Cl)cc1. The molecule has 0 saturated carbocycles. The second kappa shape index (κ2) is 9.77. The third-order valence-electron chi connectivity index (χ3n) is 5.25. The standard InChI is InChI=1S/C28H27Cl2NP/c1-31(2,3)20-23-10-9-22(21-7-5-4-6-8-21)19-28(23)32(26-15-11-24(29)12-16-26)27-17-13-25(30)14-18-27/h4-19H,20H2,1-3H3/q+1. The number of rotatable bonds is 6. The zero-order valence-electron chi connectivity index (χ0n) is 18.6. The first-order chi connectivity index (χ1) is 15.3. The van der Waals surface area contributed by atoms with Crippen molar-refractivity contribution in [2.75, 3.05) is 21.1 Å². The molecule has 0 N–H and O–H groups in total. The van der Waals surface area contributed by atoms with E-state index in [9.17, 15) is 0 Å². The van der Waals surface area contributed by atoms with E-state index in [4.69, 9.17) is 23.2 Å². The number of nitrogens with zero attached hydrogens (tertiary/aromatic N) is 1. The molecule has 0 fully saturated rings. The highest BCUT2D eigenvalue weighted by Crippen LogP contribution is 2.37. The minimum Gasteiger partial charge on any atom is -0.327 e. The van der Waals surface area contributed by atoms with Crippen molar-refractivity contribution >= 4 is 47.0 Å². The highest BCUT2D eigenvalue weighted by Gasteiger charge is 2.23. The van der Waals surface area contributed by atoms with Gasteiger partial charge >= 0.3 is 0 Å². The van der Waals surface area contributed by atoms with Crippen LogP contribution in [0, 0.1) is 0 Å². The fourth-order valence-electron chi connectivity index (χ4n) is 3.83. The molecular weight excluding hydrogens is 452 g/mol. The normalized spacial score (nSPS) is 11.7. The first kappa shape index (κ1) is 23.0. The third-order valence-corrected chi connectivity index (χ3v) is 8.28. The molecule has 32 heavy (non-hydrogen) atoms. The van der Waals surface area contributed by atoms with Gasteiger partial charge in [0, 0.05) is 15.6 Å². The lowest BCUT2D eigenvalue weighted by molar-refractivity contribution is -0.883. The molecule has 0 unspecified atom stereocenters. The van der Waals surface area contributed by atoms with Crippen LogP contribution in [0.3, 0.4) is 0 Å². The summed E-state index contributed by atoms with van der Waals surface area (Å²) in [7, 11) is 5.94. The maximum absolute atomic E-state index is 6.24. The van der Waals surface area contributed by atoms with Crippen LogP contribution in [0.15, 0.2) is 97.1 Å². The Morgan fingerprint density at radius 2 is 1.16 bits per heavy atom. The molecule has 0 aliphatic rings. The minimum absolute atomic E-state index is 0.754. The molecule has 0 bridgehead atoms. The Morgan fingerprint density at radius 3 is 1.66 bits per heavy atom. The molecule has 4 heteroatoms. The van der Waals surface area contributed by atoms with Crippen LogP contribution in [0.1, 0.15) is 5.56 Å². The Kier molecular flexibility index (Phi) is 7.03. The highest BCUT2D eigenvalue weighted by atomic mass is 35.5. The maximum Gasteiger partial charge on any atom is 0.104 e.